The lowest BCUT2D eigenvalue weighted by Gasteiger charge is -2.20. The third kappa shape index (κ3) is 2.52. The number of hydrogen-bond donors (Lipinski definition) is 0. The number of hydrogen-bond acceptors (Lipinski definition) is 0. The van der Waals surface area contributed by atoms with Gasteiger partial charge in [0.1, 0.15) is 0 Å². The van der Waals surface area contributed by atoms with Crippen molar-refractivity contribution in [2.75, 3.05) is 0 Å². The van der Waals surface area contributed by atoms with E-state index in [0.717, 1.165) is 21.5 Å². The summed E-state index contributed by atoms with van der Waals surface area (Å²) in [6.07, 6.45) is 0. The number of fused-ring (bicyclic) bond motifs is 1. The normalized spacial score (nSPS) is 14.1. The van der Waals surface area contributed by atoms with Crippen LogP contribution in [0.1, 0.15) is 5.56 Å². The summed E-state index contributed by atoms with van der Waals surface area (Å²) in [4.78, 5) is 0. The van der Waals surface area contributed by atoms with Crippen LogP contribution in [-0.2, 0) is 6.04 Å². The van der Waals surface area contributed by atoms with Crippen molar-refractivity contribution in [1.29, 1.82) is 0 Å². The largest absolute Gasteiger partial charge is 0.308 e. The summed E-state index contributed by atoms with van der Waals surface area (Å²) >= 11 is 0. The summed E-state index contributed by atoms with van der Waals surface area (Å²) in [6.45, 7) is 1.81. The van der Waals surface area contributed by atoms with Crippen molar-refractivity contribution < 1.29 is 4.11 Å². The highest BCUT2D eigenvalue weighted by Crippen LogP contribution is 2.19. The minimum Gasteiger partial charge on any atom is -0.308 e. The number of halogens is 1. The van der Waals surface area contributed by atoms with E-state index in [1.165, 1.54) is 0 Å². The van der Waals surface area contributed by atoms with Crippen molar-refractivity contribution in [1.82, 2.24) is 0 Å². The maximum absolute atomic E-state index is 15.4. The number of benzene rings is 3. The molecule has 0 spiro atoms. The van der Waals surface area contributed by atoms with E-state index in [0.29, 0.717) is 6.04 Å². The van der Waals surface area contributed by atoms with Crippen molar-refractivity contribution in [2.45, 2.75) is 12.6 Å². The molecule has 0 aromatic heterocycles. The molecular weight excluding hydrogens is 263 g/mol. The summed E-state index contributed by atoms with van der Waals surface area (Å²) in [6, 6.07) is 24.5. The first-order chi connectivity index (χ1) is 9.67. The van der Waals surface area contributed by atoms with Crippen LogP contribution < -0.4 is 5.19 Å². The summed E-state index contributed by atoms with van der Waals surface area (Å²) in [7, 11) is -2.98. The van der Waals surface area contributed by atoms with Crippen LogP contribution in [0.2, 0.25) is 6.55 Å². The van der Waals surface area contributed by atoms with Crippen molar-refractivity contribution in [2.24, 2.45) is 0 Å². The molecule has 3 rings (SSSR count). The van der Waals surface area contributed by atoms with E-state index in [9.17, 15) is 0 Å². The third-order valence-electron chi connectivity index (χ3n) is 3.73. The zero-order chi connectivity index (χ0) is 14.0. The van der Waals surface area contributed by atoms with Crippen LogP contribution in [0.4, 0.5) is 4.11 Å². The van der Waals surface area contributed by atoms with Crippen LogP contribution in [-0.4, -0.2) is 8.41 Å². The van der Waals surface area contributed by atoms with Gasteiger partial charge in [-0.3, -0.25) is 0 Å². The topological polar surface area (TPSA) is 0 Å². The van der Waals surface area contributed by atoms with Crippen LogP contribution in [0.5, 0.6) is 0 Å². The zero-order valence-corrected chi connectivity index (χ0v) is 12.5. The maximum Gasteiger partial charge on any atom is 0.279 e. The molecule has 100 valence electrons. The molecule has 0 fully saturated rings. The lowest BCUT2D eigenvalue weighted by molar-refractivity contribution is 0.800. The molecule has 0 aliphatic heterocycles. The zero-order valence-electron chi connectivity index (χ0n) is 11.5. The van der Waals surface area contributed by atoms with Crippen molar-refractivity contribution in [3.8, 4) is 0 Å². The molecule has 0 nitrogen and oxygen atoms in total. The predicted octanol–water partition coefficient (Wildman–Crippen LogP) is 4.37. The Morgan fingerprint density at radius 2 is 1.45 bits per heavy atom. The molecule has 0 aliphatic rings. The third-order valence-corrected chi connectivity index (χ3v) is 6.36. The van der Waals surface area contributed by atoms with Crippen LogP contribution >= 0.6 is 0 Å². The summed E-state index contributed by atoms with van der Waals surface area (Å²) in [5.41, 5.74) is 1.08. The van der Waals surface area contributed by atoms with Crippen molar-refractivity contribution in [3.63, 3.8) is 0 Å². The van der Waals surface area contributed by atoms with Gasteiger partial charge in [0.2, 0.25) is 0 Å². The minimum absolute atomic E-state index is 0.530. The molecule has 0 bridgehead atoms. The molecule has 3 aromatic rings. The quantitative estimate of drug-likeness (QED) is 0.493. The standard InChI is InChI=1S/C18H17FSi/c1-20(19,14-15-8-3-2-4-9-15)18-13-7-11-16-10-5-6-12-17(16)18/h2-13H,14H2,1H3/t20-/m1/s1. The molecule has 0 saturated carbocycles. The fraction of sp³-hybridized carbons (Fsp3) is 0.111. The summed E-state index contributed by atoms with van der Waals surface area (Å²) in [5, 5.41) is 3.08. The lowest BCUT2D eigenvalue weighted by Crippen LogP contribution is -2.43. The van der Waals surface area contributed by atoms with Crippen LogP contribution in [0, 0.1) is 0 Å². The molecule has 2 heteroatoms. The fourth-order valence-electron chi connectivity index (χ4n) is 2.75. The molecule has 0 amide bonds. The Bertz CT molecular complexity index is 714. The second kappa shape index (κ2) is 5.21. The molecule has 0 unspecified atom stereocenters. The molecule has 20 heavy (non-hydrogen) atoms. The highest BCUT2D eigenvalue weighted by atomic mass is 28.4. The highest BCUT2D eigenvalue weighted by Gasteiger charge is 2.32. The second-order valence-electron chi connectivity index (χ2n) is 5.39. The molecule has 0 radical (unpaired) electrons. The van der Waals surface area contributed by atoms with Gasteiger partial charge >= 0.3 is 0 Å². The molecule has 3 aromatic carbocycles. The Balaban J connectivity index is 2.05. The monoisotopic (exact) mass is 280 g/mol. The van der Waals surface area contributed by atoms with Gasteiger partial charge in [0.05, 0.1) is 0 Å². The first-order valence-corrected chi connectivity index (χ1v) is 9.46. The van der Waals surface area contributed by atoms with Gasteiger partial charge in [-0.1, -0.05) is 72.8 Å². The van der Waals surface area contributed by atoms with Gasteiger partial charge in [-0.15, -0.1) is 0 Å². The van der Waals surface area contributed by atoms with Gasteiger partial charge in [0.15, 0.2) is 0 Å². The van der Waals surface area contributed by atoms with Crippen LogP contribution in [0.3, 0.4) is 0 Å². The van der Waals surface area contributed by atoms with Gasteiger partial charge in [0, 0.05) is 0 Å². The van der Waals surface area contributed by atoms with E-state index in [1.807, 2.05) is 79.3 Å². The van der Waals surface area contributed by atoms with E-state index >= 15 is 4.11 Å². The summed E-state index contributed by atoms with van der Waals surface area (Å²) < 4.78 is 15.4. The van der Waals surface area contributed by atoms with Gasteiger partial charge in [-0.2, -0.15) is 0 Å². The fourth-order valence-corrected chi connectivity index (χ4v) is 5.18. The van der Waals surface area contributed by atoms with Gasteiger partial charge in [0.25, 0.3) is 8.41 Å². The average Bonchev–Trinajstić information content (AvgIpc) is 2.47. The lowest BCUT2D eigenvalue weighted by atomic mass is 10.1. The highest BCUT2D eigenvalue weighted by molar-refractivity contribution is 6.86. The SMILES string of the molecule is C[Si@@](F)(Cc1ccccc1)c1cccc2ccccc12. The van der Waals surface area contributed by atoms with E-state index in [2.05, 4.69) is 0 Å². The number of rotatable bonds is 3. The molecular formula is C18H17FSi. The van der Waals surface area contributed by atoms with Crippen molar-refractivity contribution in [3.05, 3.63) is 78.4 Å². The Kier molecular flexibility index (Phi) is 3.41. The maximum atomic E-state index is 15.4. The van der Waals surface area contributed by atoms with Crippen LogP contribution in [0.25, 0.3) is 10.8 Å². The Morgan fingerprint density at radius 3 is 2.25 bits per heavy atom. The molecule has 0 saturated heterocycles. The molecule has 0 N–H and O–H groups in total. The smallest absolute Gasteiger partial charge is 0.279 e. The molecule has 0 heterocycles. The Morgan fingerprint density at radius 1 is 0.800 bits per heavy atom. The average molecular weight is 280 g/mol. The van der Waals surface area contributed by atoms with Crippen LogP contribution in [0.15, 0.2) is 72.8 Å². The molecule has 1 atom stereocenters. The molecule has 0 aliphatic carbocycles. The first-order valence-electron chi connectivity index (χ1n) is 6.88. The van der Waals surface area contributed by atoms with E-state index < -0.39 is 8.41 Å². The van der Waals surface area contributed by atoms with E-state index in [-0.39, 0.29) is 0 Å². The van der Waals surface area contributed by atoms with E-state index in [1.54, 1.807) is 0 Å². The second-order valence-corrected chi connectivity index (χ2v) is 8.67. The summed E-state index contributed by atoms with van der Waals surface area (Å²) in [5.74, 6) is 0. The first kappa shape index (κ1) is 13.1. The Hall–Kier alpha value is -1.93. The van der Waals surface area contributed by atoms with Gasteiger partial charge in [-0.05, 0) is 34.1 Å². The van der Waals surface area contributed by atoms with Gasteiger partial charge in [-0.25, -0.2) is 0 Å². The Labute approximate surface area is 120 Å². The van der Waals surface area contributed by atoms with E-state index in [4.69, 9.17) is 0 Å². The predicted molar refractivity (Wildman–Crippen MR) is 86.5 cm³/mol. The minimum atomic E-state index is -2.98. The van der Waals surface area contributed by atoms with Gasteiger partial charge < -0.3 is 4.11 Å². The van der Waals surface area contributed by atoms with Crippen molar-refractivity contribution >= 4 is 24.4 Å².